The lowest BCUT2D eigenvalue weighted by atomic mass is 9.91. The number of carbonyl (C=O) groups is 2. The number of carboxylic acid groups (broad SMARTS) is 1. The summed E-state index contributed by atoms with van der Waals surface area (Å²) in [5.74, 6) is -1.29. The highest BCUT2D eigenvalue weighted by atomic mass is 16.4. The maximum atomic E-state index is 12.8. The van der Waals surface area contributed by atoms with Crippen LogP contribution < -0.4 is 5.73 Å². The summed E-state index contributed by atoms with van der Waals surface area (Å²) in [7, 11) is 0. The number of aromatic carboxylic acids is 1. The van der Waals surface area contributed by atoms with Gasteiger partial charge >= 0.3 is 5.97 Å². The van der Waals surface area contributed by atoms with Crippen molar-refractivity contribution in [2.45, 2.75) is 18.9 Å². The first-order valence-electron chi connectivity index (χ1n) is 8.94. The first kappa shape index (κ1) is 19.3. The van der Waals surface area contributed by atoms with E-state index in [2.05, 4.69) is 0 Å². The zero-order chi connectivity index (χ0) is 20.1. The van der Waals surface area contributed by atoms with Gasteiger partial charge < -0.3 is 15.9 Å². The summed E-state index contributed by atoms with van der Waals surface area (Å²) < 4.78 is 0. The van der Waals surface area contributed by atoms with Crippen molar-refractivity contribution < 1.29 is 19.8 Å². The lowest BCUT2D eigenvalue weighted by Gasteiger charge is -2.16. The quantitative estimate of drug-likeness (QED) is 0.549. The maximum absolute atomic E-state index is 12.8. The van der Waals surface area contributed by atoms with Gasteiger partial charge in [-0.25, -0.2) is 4.79 Å². The zero-order valence-corrected chi connectivity index (χ0v) is 15.2. The Morgan fingerprint density at radius 3 is 2.11 bits per heavy atom. The van der Waals surface area contributed by atoms with Crippen LogP contribution in [-0.2, 0) is 12.8 Å². The normalized spacial score (nSPS) is 11.8. The molecule has 5 nitrogen and oxygen atoms in total. The highest BCUT2D eigenvalue weighted by Gasteiger charge is 2.18. The van der Waals surface area contributed by atoms with Gasteiger partial charge in [0.05, 0.1) is 5.56 Å². The number of phenolic OH excluding ortho intramolecular Hbond substituents is 1. The molecule has 5 heteroatoms. The number of nitrogens with two attached hydrogens (primary N) is 1. The second-order valence-electron chi connectivity index (χ2n) is 6.67. The topological polar surface area (TPSA) is 101 Å². The Balaban J connectivity index is 1.82. The van der Waals surface area contributed by atoms with Crippen molar-refractivity contribution in [3.8, 4) is 5.75 Å². The number of carbonyl (C=O) groups excluding carboxylic acids is 1. The van der Waals surface area contributed by atoms with Crippen LogP contribution in [0.5, 0.6) is 5.75 Å². The number of phenols is 1. The van der Waals surface area contributed by atoms with E-state index in [1.165, 1.54) is 12.1 Å². The average molecular weight is 375 g/mol. The molecular weight excluding hydrogens is 354 g/mol. The summed E-state index contributed by atoms with van der Waals surface area (Å²) in [4.78, 5) is 24.3. The van der Waals surface area contributed by atoms with E-state index in [0.29, 0.717) is 29.5 Å². The van der Waals surface area contributed by atoms with Crippen molar-refractivity contribution in [3.05, 3.63) is 101 Å². The molecule has 0 aliphatic rings. The van der Waals surface area contributed by atoms with Gasteiger partial charge in [-0.1, -0.05) is 60.7 Å². The van der Waals surface area contributed by atoms with Crippen molar-refractivity contribution in [3.63, 3.8) is 0 Å². The van der Waals surface area contributed by atoms with Gasteiger partial charge in [0.15, 0.2) is 5.78 Å². The highest BCUT2D eigenvalue weighted by molar-refractivity contribution is 6.09. The molecule has 0 aliphatic carbocycles. The third kappa shape index (κ3) is 4.45. The van der Waals surface area contributed by atoms with Crippen molar-refractivity contribution in [1.29, 1.82) is 0 Å². The molecule has 142 valence electrons. The molecule has 1 atom stereocenters. The summed E-state index contributed by atoms with van der Waals surface area (Å²) in [5, 5.41) is 18.9. The van der Waals surface area contributed by atoms with E-state index in [1.807, 2.05) is 36.4 Å². The van der Waals surface area contributed by atoms with Crippen LogP contribution in [0.15, 0.2) is 72.8 Å². The lowest BCUT2D eigenvalue weighted by Crippen LogP contribution is -2.27. The molecule has 0 spiro atoms. The SMILES string of the molecule is N[C@@H](Cc1ccc(O)cc1C(=O)O)Cc1ccccc1C(=O)c1ccccc1. The molecule has 0 unspecified atom stereocenters. The first-order valence-corrected chi connectivity index (χ1v) is 8.94. The Morgan fingerprint density at radius 1 is 0.821 bits per heavy atom. The number of ketones is 1. The Labute approximate surface area is 163 Å². The summed E-state index contributed by atoms with van der Waals surface area (Å²) >= 11 is 0. The van der Waals surface area contributed by atoms with Crippen LogP contribution in [0.1, 0.15) is 37.4 Å². The molecule has 0 aromatic heterocycles. The van der Waals surface area contributed by atoms with Crippen LogP contribution in [0, 0.1) is 0 Å². The third-order valence-electron chi connectivity index (χ3n) is 4.59. The predicted molar refractivity (Wildman–Crippen MR) is 107 cm³/mol. The van der Waals surface area contributed by atoms with Gasteiger partial charge in [0.1, 0.15) is 5.75 Å². The summed E-state index contributed by atoms with van der Waals surface area (Å²) in [6, 6.07) is 20.2. The van der Waals surface area contributed by atoms with Gasteiger partial charge in [0, 0.05) is 17.2 Å². The van der Waals surface area contributed by atoms with E-state index < -0.39 is 5.97 Å². The van der Waals surface area contributed by atoms with E-state index in [1.54, 1.807) is 24.3 Å². The zero-order valence-electron chi connectivity index (χ0n) is 15.2. The molecule has 3 aromatic rings. The van der Waals surface area contributed by atoms with Gasteiger partial charge in [-0.3, -0.25) is 4.79 Å². The van der Waals surface area contributed by atoms with Crippen LogP contribution in [-0.4, -0.2) is 28.0 Å². The molecule has 3 rings (SSSR count). The summed E-state index contributed by atoms with van der Waals surface area (Å²) in [6.45, 7) is 0. The molecule has 4 N–H and O–H groups in total. The molecular formula is C23H21NO4. The van der Waals surface area contributed by atoms with E-state index in [9.17, 15) is 19.8 Å². The van der Waals surface area contributed by atoms with Crippen LogP contribution in [0.3, 0.4) is 0 Å². The molecule has 0 saturated heterocycles. The Bertz CT molecular complexity index is 998. The number of carboxylic acids is 1. The molecule has 0 radical (unpaired) electrons. The number of hydrogen-bond acceptors (Lipinski definition) is 4. The van der Waals surface area contributed by atoms with E-state index >= 15 is 0 Å². The van der Waals surface area contributed by atoms with Gasteiger partial charge in [0.2, 0.25) is 0 Å². The Hall–Kier alpha value is -3.44. The second-order valence-corrected chi connectivity index (χ2v) is 6.67. The standard InChI is InChI=1S/C23H21NO4/c24-18(13-17-10-11-19(25)14-21(17)23(27)28)12-16-8-4-5-9-20(16)22(26)15-6-2-1-3-7-15/h1-11,14,18,25H,12-13,24H2,(H,27,28)/t18-/m1/s1. The predicted octanol–water partition coefficient (Wildman–Crippen LogP) is 3.43. The van der Waals surface area contributed by atoms with Crippen molar-refractivity contribution in [1.82, 2.24) is 0 Å². The first-order chi connectivity index (χ1) is 13.5. The van der Waals surface area contributed by atoms with Crippen molar-refractivity contribution in [2.75, 3.05) is 0 Å². The second kappa shape index (κ2) is 8.50. The summed E-state index contributed by atoms with van der Waals surface area (Å²) in [6.07, 6.45) is 0.741. The minimum atomic E-state index is -1.11. The fourth-order valence-corrected chi connectivity index (χ4v) is 3.24. The van der Waals surface area contributed by atoms with Crippen LogP contribution in [0.25, 0.3) is 0 Å². The van der Waals surface area contributed by atoms with Crippen LogP contribution in [0.2, 0.25) is 0 Å². The Morgan fingerprint density at radius 2 is 1.43 bits per heavy atom. The van der Waals surface area contributed by atoms with Crippen LogP contribution >= 0.6 is 0 Å². The smallest absolute Gasteiger partial charge is 0.336 e. The number of hydrogen-bond donors (Lipinski definition) is 3. The molecule has 0 bridgehead atoms. The largest absolute Gasteiger partial charge is 0.508 e. The molecule has 0 amide bonds. The summed E-state index contributed by atoms with van der Waals surface area (Å²) in [5.41, 5.74) is 8.88. The number of aromatic hydroxyl groups is 1. The molecule has 0 fully saturated rings. The minimum absolute atomic E-state index is 0.0316. The van der Waals surface area contributed by atoms with Gasteiger partial charge in [-0.05, 0) is 36.1 Å². The average Bonchev–Trinajstić information content (AvgIpc) is 2.69. The fraction of sp³-hybridized carbons (Fsp3) is 0.130. The third-order valence-corrected chi connectivity index (χ3v) is 4.59. The van der Waals surface area contributed by atoms with E-state index in [4.69, 9.17) is 5.73 Å². The van der Waals surface area contributed by atoms with Crippen molar-refractivity contribution >= 4 is 11.8 Å². The molecule has 3 aromatic carbocycles. The molecule has 0 heterocycles. The van der Waals surface area contributed by atoms with Gasteiger partial charge in [-0.2, -0.15) is 0 Å². The van der Waals surface area contributed by atoms with E-state index in [0.717, 1.165) is 5.56 Å². The van der Waals surface area contributed by atoms with Gasteiger partial charge in [0.25, 0.3) is 0 Å². The molecule has 28 heavy (non-hydrogen) atoms. The van der Waals surface area contributed by atoms with Crippen molar-refractivity contribution in [2.24, 2.45) is 5.73 Å². The Kier molecular flexibility index (Phi) is 5.87. The lowest BCUT2D eigenvalue weighted by molar-refractivity contribution is 0.0695. The van der Waals surface area contributed by atoms with Crippen LogP contribution in [0.4, 0.5) is 0 Å². The molecule has 0 aliphatic heterocycles. The van der Waals surface area contributed by atoms with Gasteiger partial charge in [-0.15, -0.1) is 0 Å². The van der Waals surface area contributed by atoms with E-state index in [-0.39, 0.29) is 23.1 Å². The highest BCUT2D eigenvalue weighted by Crippen LogP contribution is 2.21. The minimum Gasteiger partial charge on any atom is -0.508 e. The molecule has 0 saturated carbocycles. The fourth-order valence-electron chi connectivity index (χ4n) is 3.24. The number of benzene rings is 3. The number of rotatable bonds is 7. The maximum Gasteiger partial charge on any atom is 0.336 e. The monoisotopic (exact) mass is 375 g/mol.